The van der Waals surface area contributed by atoms with Crippen LogP contribution in [0.4, 0.5) is 0 Å². The van der Waals surface area contributed by atoms with Crippen LogP contribution < -0.4 is 0 Å². The summed E-state index contributed by atoms with van der Waals surface area (Å²) in [6.45, 7) is 0. The Labute approximate surface area is 327 Å². The van der Waals surface area contributed by atoms with Crippen LogP contribution >= 0.6 is 0 Å². The molecule has 2 heterocycles. The molecule has 2 aliphatic carbocycles. The smallest absolute Gasteiger partial charge is 0.164 e. The Hall–Kier alpha value is -7.03. The van der Waals surface area contributed by atoms with Gasteiger partial charge in [-0.2, -0.15) is 5.26 Å². The molecule has 56 heavy (non-hydrogen) atoms. The summed E-state index contributed by atoms with van der Waals surface area (Å²) in [5.74, 6) is 1.87. The molecule has 266 valence electrons. The Morgan fingerprint density at radius 1 is 0.446 bits per heavy atom. The number of aromatic nitrogens is 4. The van der Waals surface area contributed by atoms with Crippen LogP contribution in [0, 0.1) is 11.3 Å². The standard InChI is InChI=1S/C51H37N5/c52-32-34-17-26-45-44(30-34)47-43(15-8-16-46(47)51(45)27-5-2-6-28-51)37-22-18-35(19-23-37)40-12-7-13-41(31-40)50-55-48(38-10-3-1-4-11-38)54-49(56-50)39-24-20-36(21-25-39)42-14-9-29-53-33-42/h1,3-4,7-26,29-31,33H,2,5-6,27-28H2. The number of benzene rings is 6. The molecule has 5 nitrogen and oxygen atoms in total. The van der Waals surface area contributed by atoms with Crippen LogP contribution in [0.2, 0.25) is 0 Å². The van der Waals surface area contributed by atoms with Gasteiger partial charge in [0, 0.05) is 34.5 Å². The maximum Gasteiger partial charge on any atom is 0.164 e. The number of hydrogen-bond acceptors (Lipinski definition) is 5. The highest BCUT2D eigenvalue weighted by atomic mass is 15.0. The van der Waals surface area contributed by atoms with E-state index in [4.69, 9.17) is 15.0 Å². The highest BCUT2D eigenvalue weighted by Gasteiger charge is 2.44. The summed E-state index contributed by atoms with van der Waals surface area (Å²) in [4.78, 5) is 19.3. The van der Waals surface area contributed by atoms with Gasteiger partial charge in [0.15, 0.2) is 17.5 Å². The maximum atomic E-state index is 9.85. The summed E-state index contributed by atoms with van der Waals surface area (Å²) in [5, 5.41) is 9.85. The molecule has 0 saturated heterocycles. The fraction of sp³-hybridized carbons (Fsp3) is 0.118. The van der Waals surface area contributed by atoms with Crippen LogP contribution in [0.1, 0.15) is 48.8 Å². The van der Waals surface area contributed by atoms with Crippen LogP contribution in [0.5, 0.6) is 0 Å². The Balaban J connectivity index is 1.01. The van der Waals surface area contributed by atoms with E-state index >= 15 is 0 Å². The normalized spacial score (nSPS) is 13.8. The minimum absolute atomic E-state index is 0.0336. The lowest BCUT2D eigenvalue weighted by Crippen LogP contribution is -2.28. The van der Waals surface area contributed by atoms with Gasteiger partial charge in [-0.1, -0.05) is 147 Å². The summed E-state index contributed by atoms with van der Waals surface area (Å²) in [5.41, 5.74) is 15.6. The first-order chi connectivity index (χ1) is 27.7. The summed E-state index contributed by atoms with van der Waals surface area (Å²) < 4.78 is 0. The van der Waals surface area contributed by atoms with Crippen molar-refractivity contribution in [2.24, 2.45) is 0 Å². The predicted octanol–water partition coefficient (Wildman–Crippen LogP) is 12.4. The van der Waals surface area contributed by atoms with Crippen LogP contribution in [0.15, 0.2) is 164 Å². The highest BCUT2D eigenvalue weighted by molar-refractivity contribution is 5.93. The second-order valence-electron chi connectivity index (χ2n) is 14.9. The molecule has 0 radical (unpaired) electrons. The van der Waals surface area contributed by atoms with Gasteiger partial charge < -0.3 is 0 Å². The SMILES string of the molecule is N#Cc1ccc2c(c1)-c1c(-c3ccc(-c4cccc(-c5nc(-c6ccccc6)nc(-c6ccc(-c7cccnc7)cc6)n5)c4)cc3)cccc1C21CCCCC1. The zero-order chi connectivity index (χ0) is 37.5. The Morgan fingerprint density at radius 2 is 1.05 bits per heavy atom. The zero-order valence-corrected chi connectivity index (χ0v) is 30.9. The minimum atomic E-state index is 0.0336. The lowest BCUT2D eigenvalue weighted by molar-refractivity contribution is 0.353. The van der Waals surface area contributed by atoms with Crippen molar-refractivity contribution in [3.05, 3.63) is 181 Å². The van der Waals surface area contributed by atoms with Crippen molar-refractivity contribution in [3.8, 4) is 84.7 Å². The van der Waals surface area contributed by atoms with Gasteiger partial charge in [0.1, 0.15) is 0 Å². The molecule has 2 aromatic heterocycles. The fourth-order valence-corrected chi connectivity index (χ4v) is 8.93. The molecule has 0 amide bonds. The van der Waals surface area contributed by atoms with Crippen molar-refractivity contribution in [2.45, 2.75) is 37.5 Å². The van der Waals surface area contributed by atoms with Gasteiger partial charge >= 0.3 is 0 Å². The molecular formula is C51H37N5. The van der Waals surface area contributed by atoms with E-state index in [1.165, 1.54) is 52.6 Å². The van der Waals surface area contributed by atoms with Crippen LogP contribution in [0.3, 0.4) is 0 Å². The van der Waals surface area contributed by atoms with Gasteiger partial charge in [0.25, 0.3) is 0 Å². The van der Waals surface area contributed by atoms with E-state index < -0.39 is 0 Å². The van der Waals surface area contributed by atoms with Crippen molar-refractivity contribution >= 4 is 0 Å². The van der Waals surface area contributed by atoms with E-state index in [9.17, 15) is 5.26 Å². The van der Waals surface area contributed by atoms with Crippen LogP contribution in [0.25, 0.3) is 78.7 Å². The monoisotopic (exact) mass is 719 g/mol. The number of rotatable bonds is 6. The Bertz CT molecular complexity index is 2760. The molecular weight excluding hydrogens is 683 g/mol. The fourth-order valence-electron chi connectivity index (χ4n) is 8.93. The quantitative estimate of drug-likeness (QED) is 0.171. The van der Waals surface area contributed by atoms with Gasteiger partial charge in [0.2, 0.25) is 0 Å². The van der Waals surface area contributed by atoms with E-state index in [1.54, 1.807) is 6.20 Å². The Kier molecular flexibility index (Phi) is 8.38. The molecule has 0 atom stereocenters. The van der Waals surface area contributed by atoms with Crippen molar-refractivity contribution in [3.63, 3.8) is 0 Å². The van der Waals surface area contributed by atoms with E-state index in [0.29, 0.717) is 23.0 Å². The molecule has 1 saturated carbocycles. The molecule has 0 N–H and O–H groups in total. The van der Waals surface area contributed by atoms with Crippen molar-refractivity contribution in [1.82, 2.24) is 19.9 Å². The molecule has 6 aromatic carbocycles. The van der Waals surface area contributed by atoms with E-state index in [1.807, 2.05) is 48.7 Å². The third-order valence-corrected chi connectivity index (χ3v) is 11.7. The molecule has 8 aromatic rings. The third kappa shape index (κ3) is 5.88. The largest absolute Gasteiger partial charge is 0.264 e. The van der Waals surface area contributed by atoms with Crippen molar-refractivity contribution < 1.29 is 0 Å². The zero-order valence-electron chi connectivity index (χ0n) is 30.9. The average molecular weight is 720 g/mol. The first kappa shape index (κ1) is 33.5. The van der Waals surface area contributed by atoms with Gasteiger partial charge in [-0.3, -0.25) is 4.98 Å². The number of hydrogen-bond donors (Lipinski definition) is 0. The average Bonchev–Trinajstić information content (AvgIpc) is 3.55. The molecule has 5 heteroatoms. The predicted molar refractivity (Wildman–Crippen MR) is 224 cm³/mol. The third-order valence-electron chi connectivity index (χ3n) is 11.7. The first-order valence-electron chi connectivity index (χ1n) is 19.4. The summed E-state index contributed by atoms with van der Waals surface area (Å²) >= 11 is 0. The van der Waals surface area contributed by atoms with Crippen LogP contribution in [-0.4, -0.2) is 19.9 Å². The molecule has 0 bridgehead atoms. The second kappa shape index (κ2) is 14.0. The molecule has 0 unspecified atom stereocenters. The number of nitriles is 1. The maximum absolute atomic E-state index is 9.85. The number of fused-ring (bicyclic) bond motifs is 5. The minimum Gasteiger partial charge on any atom is -0.264 e. The van der Waals surface area contributed by atoms with Crippen LogP contribution in [-0.2, 0) is 5.41 Å². The first-order valence-corrected chi connectivity index (χ1v) is 19.4. The van der Waals surface area contributed by atoms with E-state index in [2.05, 4.69) is 120 Å². The van der Waals surface area contributed by atoms with E-state index in [0.717, 1.165) is 51.8 Å². The summed E-state index contributed by atoms with van der Waals surface area (Å²) in [7, 11) is 0. The van der Waals surface area contributed by atoms with Gasteiger partial charge in [-0.15, -0.1) is 0 Å². The molecule has 0 aliphatic heterocycles. The lowest BCUT2D eigenvalue weighted by Gasteiger charge is -2.36. The molecule has 1 spiro atoms. The number of pyridine rings is 1. The topological polar surface area (TPSA) is 75.3 Å². The van der Waals surface area contributed by atoms with Gasteiger partial charge in [-0.25, -0.2) is 15.0 Å². The van der Waals surface area contributed by atoms with Gasteiger partial charge in [0.05, 0.1) is 11.6 Å². The molecule has 1 fully saturated rings. The molecule has 2 aliphatic rings. The number of nitrogens with zero attached hydrogens (tertiary/aromatic N) is 5. The summed E-state index contributed by atoms with van der Waals surface area (Å²) in [6, 6.07) is 55.3. The van der Waals surface area contributed by atoms with E-state index in [-0.39, 0.29) is 5.41 Å². The lowest BCUT2D eigenvalue weighted by atomic mass is 9.67. The second-order valence-corrected chi connectivity index (χ2v) is 14.9. The molecule has 10 rings (SSSR count). The van der Waals surface area contributed by atoms with Crippen molar-refractivity contribution in [2.75, 3.05) is 0 Å². The van der Waals surface area contributed by atoms with Gasteiger partial charge in [-0.05, 0) is 92.7 Å². The summed E-state index contributed by atoms with van der Waals surface area (Å²) in [6.07, 6.45) is 9.72. The van der Waals surface area contributed by atoms with Crippen molar-refractivity contribution in [1.29, 1.82) is 5.26 Å². The Morgan fingerprint density at radius 3 is 1.77 bits per heavy atom. The highest BCUT2D eigenvalue weighted by Crippen LogP contribution is 2.58.